The van der Waals surface area contributed by atoms with Crippen molar-refractivity contribution in [2.24, 2.45) is 5.92 Å². The predicted octanol–water partition coefficient (Wildman–Crippen LogP) is 4.30. The Morgan fingerprint density at radius 3 is 1.30 bits per heavy atom. The van der Waals surface area contributed by atoms with Crippen LogP contribution in [0.15, 0.2) is 36.4 Å². The summed E-state index contributed by atoms with van der Waals surface area (Å²) in [5, 5.41) is 52.2. The predicted molar refractivity (Wildman–Crippen MR) is 112 cm³/mol. The van der Waals surface area contributed by atoms with Gasteiger partial charge in [-0.25, -0.2) is 0 Å². The molecular weight excluding hydrogens is 519 g/mol. The molecule has 2 rings (SSSR count). The minimum absolute atomic E-state index is 0.0510. The van der Waals surface area contributed by atoms with E-state index in [1.165, 1.54) is 24.3 Å². The summed E-state index contributed by atoms with van der Waals surface area (Å²) in [4.78, 5) is 39.6. The molecule has 13 nitrogen and oxygen atoms in total. The number of nitro groups is 4. The smallest absolute Gasteiger partial charge is 0.289 e. The van der Waals surface area contributed by atoms with Gasteiger partial charge in [0.2, 0.25) is 0 Å². The van der Waals surface area contributed by atoms with Gasteiger partial charge < -0.3 is 5.11 Å². The number of halogens is 1. The third-order valence-corrected chi connectivity index (χ3v) is 4.84. The zero-order chi connectivity index (χ0) is 23.2. The van der Waals surface area contributed by atoms with Crippen LogP contribution in [0, 0.1) is 49.9 Å². The highest BCUT2D eigenvalue weighted by atomic mass is 127. The van der Waals surface area contributed by atoms with Gasteiger partial charge in [-0.15, -0.1) is 0 Å². The number of nitro benzene ring substituents is 4. The molecule has 0 aliphatic carbocycles. The Bertz CT molecular complexity index is 932. The van der Waals surface area contributed by atoms with Crippen molar-refractivity contribution in [3.63, 3.8) is 0 Å². The first-order valence-electron chi connectivity index (χ1n) is 8.07. The molecule has 0 aromatic heterocycles. The van der Waals surface area contributed by atoms with Crippen molar-refractivity contribution >= 4 is 45.3 Å². The summed E-state index contributed by atoms with van der Waals surface area (Å²) >= 11 is 1.59. The van der Waals surface area contributed by atoms with Crippen LogP contribution in [0.3, 0.4) is 0 Å². The average Bonchev–Trinajstić information content (AvgIpc) is 2.66. The number of benzene rings is 2. The molecule has 2 aromatic carbocycles. The number of hydrogen-bond donors (Lipinski definition) is 1. The van der Waals surface area contributed by atoms with Crippen molar-refractivity contribution in [1.82, 2.24) is 0 Å². The van der Waals surface area contributed by atoms with Crippen molar-refractivity contribution in [3.8, 4) is 0 Å². The SMILES string of the molecule is CC(C)C(O)c1c([N+](=O)[O-])cccc1[N+](=O)[O-].O=[N+]([O-])c1cccc([N+](=O)[O-])c1I. The first kappa shape index (κ1) is 24.8. The lowest BCUT2D eigenvalue weighted by molar-refractivity contribution is -0.396. The highest BCUT2D eigenvalue weighted by molar-refractivity contribution is 14.1. The second kappa shape index (κ2) is 10.5. The van der Waals surface area contributed by atoms with Crippen LogP contribution >= 0.6 is 22.6 Å². The Hall–Kier alpha value is -3.27. The lowest BCUT2D eigenvalue weighted by Crippen LogP contribution is -2.11. The van der Waals surface area contributed by atoms with Gasteiger partial charge in [0, 0.05) is 24.3 Å². The molecule has 30 heavy (non-hydrogen) atoms. The quantitative estimate of drug-likeness (QED) is 0.319. The minimum atomic E-state index is -1.24. The first-order valence-corrected chi connectivity index (χ1v) is 9.15. The molecule has 0 radical (unpaired) electrons. The first-order chi connectivity index (χ1) is 13.9. The average molecular weight is 534 g/mol. The summed E-state index contributed by atoms with van der Waals surface area (Å²) in [5.41, 5.74) is -1.58. The molecule has 0 saturated heterocycles. The molecule has 0 aliphatic rings. The van der Waals surface area contributed by atoms with E-state index in [0.29, 0.717) is 0 Å². The summed E-state index contributed by atoms with van der Waals surface area (Å²) in [6.07, 6.45) is -1.24. The van der Waals surface area contributed by atoms with E-state index in [-0.39, 0.29) is 26.4 Å². The molecule has 1 N–H and O–H groups in total. The second-order valence-electron chi connectivity index (χ2n) is 6.04. The van der Waals surface area contributed by atoms with Gasteiger partial charge in [0.25, 0.3) is 22.7 Å². The number of aliphatic hydroxyl groups is 1. The minimum Gasteiger partial charge on any atom is -0.388 e. The summed E-state index contributed by atoms with van der Waals surface area (Å²) in [7, 11) is 0. The van der Waals surface area contributed by atoms with Crippen LogP contribution in [0.4, 0.5) is 22.7 Å². The second-order valence-corrected chi connectivity index (χ2v) is 7.12. The summed E-state index contributed by atoms with van der Waals surface area (Å²) in [5.74, 6) is -0.352. The molecule has 0 fully saturated rings. The molecule has 14 heteroatoms. The number of nitrogens with zero attached hydrogens (tertiary/aromatic N) is 4. The highest BCUT2D eigenvalue weighted by Gasteiger charge is 2.31. The highest BCUT2D eigenvalue weighted by Crippen LogP contribution is 2.36. The number of hydrogen-bond acceptors (Lipinski definition) is 9. The molecular formula is C16H15IN4O9. The van der Waals surface area contributed by atoms with Crippen LogP contribution in [-0.2, 0) is 0 Å². The van der Waals surface area contributed by atoms with Gasteiger partial charge in [0.15, 0.2) is 3.57 Å². The topological polar surface area (TPSA) is 193 Å². The van der Waals surface area contributed by atoms with E-state index in [0.717, 1.165) is 12.1 Å². The Morgan fingerprint density at radius 2 is 1.03 bits per heavy atom. The van der Waals surface area contributed by atoms with Crippen molar-refractivity contribution in [2.45, 2.75) is 20.0 Å². The molecule has 1 atom stereocenters. The van der Waals surface area contributed by atoms with Gasteiger partial charge in [0.05, 0.1) is 25.8 Å². The number of aliphatic hydroxyl groups excluding tert-OH is 1. The Kier molecular flexibility index (Phi) is 8.66. The fourth-order valence-electron chi connectivity index (χ4n) is 2.29. The van der Waals surface area contributed by atoms with Gasteiger partial charge in [-0.05, 0) is 40.6 Å². The third kappa shape index (κ3) is 5.86. The third-order valence-electron chi connectivity index (χ3n) is 3.73. The molecule has 2 aromatic rings. The largest absolute Gasteiger partial charge is 0.388 e. The zero-order valence-electron chi connectivity index (χ0n) is 15.5. The lowest BCUT2D eigenvalue weighted by Gasteiger charge is -2.14. The Morgan fingerprint density at radius 1 is 0.733 bits per heavy atom. The van der Waals surface area contributed by atoms with Crippen LogP contribution < -0.4 is 0 Å². The van der Waals surface area contributed by atoms with Crippen molar-refractivity contribution in [3.05, 3.63) is 86.0 Å². The maximum absolute atomic E-state index is 10.8. The van der Waals surface area contributed by atoms with Gasteiger partial charge in [0.1, 0.15) is 5.56 Å². The molecule has 0 amide bonds. The van der Waals surface area contributed by atoms with Gasteiger partial charge in [-0.3, -0.25) is 40.5 Å². The Labute approximate surface area is 182 Å². The molecule has 0 heterocycles. The standard InChI is InChI=1S/C10H12N2O5.C6H3IN2O4/c1-6(2)10(13)9-7(11(14)15)4-3-5-8(9)12(16)17;7-6-4(8(10)11)2-1-3-5(6)9(12)13/h3-6,10,13H,1-2H3;1-3H. The normalized spacial score (nSPS) is 11.2. The van der Waals surface area contributed by atoms with Crippen molar-refractivity contribution in [1.29, 1.82) is 0 Å². The fraction of sp³-hybridized carbons (Fsp3) is 0.250. The summed E-state index contributed by atoms with van der Waals surface area (Å²) in [6, 6.07) is 7.27. The Balaban J connectivity index is 0.000000311. The van der Waals surface area contributed by atoms with Crippen molar-refractivity contribution in [2.75, 3.05) is 0 Å². The maximum Gasteiger partial charge on any atom is 0.289 e. The summed E-state index contributed by atoms with van der Waals surface area (Å²) < 4.78 is 0.0510. The van der Waals surface area contributed by atoms with E-state index in [2.05, 4.69) is 0 Å². The van der Waals surface area contributed by atoms with Crippen LogP contribution in [0.2, 0.25) is 0 Å². The van der Waals surface area contributed by atoms with Crippen molar-refractivity contribution < 1.29 is 24.8 Å². The lowest BCUT2D eigenvalue weighted by atomic mass is 9.96. The molecule has 0 spiro atoms. The fourth-order valence-corrected chi connectivity index (χ4v) is 3.04. The van der Waals surface area contributed by atoms with Crippen LogP contribution in [-0.4, -0.2) is 24.8 Å². The molecule has 0 bridgehead atoms. The van der Waals surface area contributed by atoms with E-state index >= 15 is 0 Å². The van der Waals surface area contributed by atoms with E-state index in [1.807, 2.05) is 0 Å². The van der Waals surface area contributed by atoms with Gasteiger partial charge >= 0.3 is 0 Å². The van der Waals surface area contributed by atoms with Crippen LogP contribution in [0.25, 0.3) is 0 Å². The van der Waals surface area contributed by atoms with E-state index in [4.69, 9.17) is 0 Å². The number of rotatable bonds is 6. The summed E-state index contributed by atoms with van der Waals surface area (Å²) in [6.45, 7) is 3.26. The van der Waals surface area contributed by atoms with Gasteiger partial charge in [-0.2, -0.15) is 0 Å². The van der Waals surface area contributed by atoms with Crippen LogP contribution in [0.1, 0.15) is 25.5 Å². The van der Waals surface area contributed by atoms with E-state index in [1.54, 1.807) is 36.4 Å². The van der Waals surface area contributed by atoms with Gasteiger partial charge in [-0.1, -0.05) is 13.8 Å². The van der Waals surface area contributed by atoms with E-state index in [9.17, 15) is 45.6 Å². The molecule has 0 aliphatic heterocycles. The molecule has 1 unspecified atom stereocenters. The maximum atomic E-state index is 10.8. The monoisotopic (exact) mass is 534 g/mol. The van der Waals surface area contributed by atoms with Crippen LogP contribution in [0.5, 0.6) is 0 Å². The zero-order valence-corrected chi connectivity index (χ0v) is 17.7. The molecule has 0 saturated carbocycles. The van der Waals surface area contributed by atoms with E-state index < -0.39 is 37.2 Å². The molecule has 160 valence electrons.